The molecule has 198 valence electrons. The Morgan fingerprint density at radius 1 is 1.22 bits per heavy atom. The van der Waals surface area contributed by atoms with Crippen LogP contribution < -0.4 is 10.2 Å². The summed E-state index contributed by atoms with van der Waals surface area (Å²) in [6.07, 6.45) is 2.15. The second-order valence-corrected chi connectivity index (χ2v) is 10.8. The number of nitrogens with one attached hydrogen (secondary N) is 1. The van der Waals surface area contributed by atoms with Crippen LogP contribution >= 0.6 is 9.24 Å². The molecule has 3 aromatic rings. The molecule has 1 aromatic heterocycles. The van der Waals surface area contributed by atoms with Crippen molar-refractivity contribution < 1.29 is 22.7 Å². The Bertz CT molecular complexity index is 1320. The van der Waals surface area contributed by atoms with E-state index in [2.05, 4.69) is 21.4 Å². The largest absolute Gasteiger partial charge is 0.378 e. The molecule has 0 spiro atoms. The number of benzene rings is 2. The maximum Gasteiger partial charge on any atom is 0.321 e. The van der Waals surface area contributed by atoms with Gasteiger partial charge in [0.15, 0.2) is 0 Å². The number of halogens is 3. The topological polar surface area (TPSA) is 62.6 Å². The van der Waals surface area contributed by atoms with Gasteiger partial charge in [-0.05, 0) is 60.2 Å². The van der Waals surface area contributed by atoms with Crippen molar-refractivity contribution in [3.63, 3.8) is 0 Å². The SMILES string of the molecule is Cc1cc(F)c(NC(=O)N2CC[C@@H](CC(F)(F)P)C2)cc1-c1cc(N2CCOCC2)c2nn(C)cc2c1. The zero-order valence-corrected chi connectivity index (χ0v) is 22.1. The first-order chi connectivity index (χ1) is 17.6. The number of nitrogens with zero attached hydrogens (tertiary/aromatic N) is 4. The van der Waals surface area contributed by atoms with E-state index in [4.69, 9.17) is 4.74 Å². The van der Waals surface area contributed by atoms with E-state index >= 15 is 0 Å². The van der Waals surface area contributed by atoms with Crippen molar-refractivity contribution in [1.29, 1.82) is 0 Å². The van der Waals surface area contributed by atoms with Crippen LogP contribution in [0.15, 0.2) is 30.5 Å². The molecule has 2 amide bonds. The Labute approximate surface area is 216 Å². The van der Waals surface area contributed by atoms with Gasteiger partial charge in [0.25, 0.3) is 5.66 Å². The monoisotopic (exact) mass is 533 g/mol. The molecule has 2 aliphatic heterocycles. The van der Waals surface area contributed by atoms with E-state index in [1.54, 1.807) is 20.0 Å². The third-order valence-electron chi connectivity index (χ3n) is 7.06. The van der Waals surface area contributed by atoms with Crippen molar-refractivity contribution in [1.82, 2.24) is 14.7 Å². The Morgan fingerprint density at radius 2 is 1.97 bits per heavy atom. The molecule has 0 saturated carbocycles. The lowest BCUT2D eigenvalue weighted by atomic mass is 9.97. The van der Waals surface area contributed by atoms with E-state index in [0.29, 0.717) is 26.2 Å². The number of fused-ring (bicyclic) bond motifs is 1. The van der Waals surface area contributed by atoms with Gasteiger partial charge in [-0.15, -0.1) is 0 Å². The van der Waals surface area contributed by atoms with Crippen molar-refractivity contribution in [3.8, 4) is 11.1 Å². The molecule has 2 atom stereocenters. The Kier molecular flexibility index (Phi) is 7.07. The van der Waals surface area contributed by atoms with E-state index in [1.165, 1.54) is 11.0 Å². The van der Waals surface area contributed by atoms with Gasteiger partial charge >= 0.3 is 6.03 Å². The second-order valence-electron chi connectivity index (χ2n) is 9.98. The summed E-state index contributed by atoms with van der Waals surface area (Å²) in [6, 6.07) is 6.65. The van der Waals surface area contributed by atoms with Crippen molar-refractivity contribution in [2.75, 3.05) is 49.6 Å². The van der Waals surface area contributed by atoms with Gasteiger partial charge in [0.2, 0.25) is 0 Å². The smallest absolute Gasteiger partial charge is 0.321 e. The Balaban J connectivity index is 1.43. The molecule has 5 rings (SSSR count). The second kappa shape index (κ2) is 10.1. The molecule has 11 heteroatoms. The first kappa shape index (κ1) is 25.8. The number of ether oxygens (including phenoxy) is 1. The average molecular weight is 534 g/mol. The molecule has 2 aromatic carbocycles. The highest BCUT2D eigenvalue weighted by Gasteiger charge is 2.33. The number of carbonyl (C=O) groups is 1. The molecule has 2 saturated heterocycles. The number of hydrogen-bond acceptors (Lipinski definition) is 4. The van der Waals surface area contributed by atoms with Crippen LogP contribution in [-0.4, -0.2) is 65.8 Å². The lowest BCUT2D eigenvalue weighted by Crippen LogP contribution is -2.36. The number of morpholine rings is 1. The zero-order chi connectivity index (χ0) is 26.3. The Hall–Kier alpha value is -2.84. The lowest BCUT2D eigenvalue weighted by Gasteiger charge is -2.29. The van der Waals surface area contributed by atoms with Crippen LogP contribution in [0.25, 0.3) is 22.0 Å². The highest BCUT2D eigenvalue weighted by molar-refractivity contribution is 7.18. The number of hydrogen-bond donors (Lipinski definition) is 1. The predicted molar refractivity (Wildman–Crippen MR) is 142 cm³/mol. The van der Waals surface area contributed by atoms with Crippen LogP contribution in [0.1, 0.15) is 18.4 Å². The van der Waals surface area contributed by atoms with Crippen LogP contribution in [0, 0.1) is 18.7 Å². The molecule has 0 aliphatic carbocycles. The number of carbonyl (C=O) groups excluding carboxylic acids is 1. The zero-order valence-electron chi connectivity index (χ0n) is 20.9. The lowest BCUT2D eigenvalue weighted by molar-refractivity contribution is 0.0754. The van der Waals surface area contributed by atoms with Crippen molar-refractivity contribution in [2.24, 2.45) is 13.0 Å². The molecule has 2 aliphatic rings. The number of rotatable bonds is 5. The summed E-state index contributed by atoms with van der Waals surface area (Å²) in [6.45, 7) is 5.18. The standard InChI is InChI=1S/C26H31F3N5O2P/c1-16-9-21(27)22(30-25(35)34-4-3-17(14-34)13-26(28,29)37)12-20(16)18-10-19-15-32(2)31-24(19)23(11-18)33-5-7-36-8-6-33/h9-12,15,17H,3-8,13-14,37H2,1-2H3,(H,30,35)/t17-/m0/s1. The number of likely N-dealkylation sites (tertiary alicyclic amines) is 1. The van der Waals surface area contributed by atoms with Crippen LogP contribution in [-0.2, 0) is 11.8 Å². The summed E-state index contributed by atoms with van der Waals surface area (Å²) in [5.74, 6) is -0.834. The van der Waals surface area contributed by atoms with Gasteiger partial charge in [-0.2, -0.15) is 5.10 Å². The maximum atomic E-state index is 14.9. The average Bonchev–Trinajstić information content (AvgIpc) is 3.45. The molecule has 2 fully saturated rings. The fraction of sp³-hybridized carbons (Fsp3) is 0.462. The van der Waals surface area contributed by atoms with E-state index < -0.39 is 17.5 Å². The van der Waals surface area contributed by atoms with E-state index in [1.807, 2.05) is 26.2 Å². The minimum atomic E-state index is -2.86. The molecular formula is C26H31F3N5O2P. The van der Waals surface area contributed by atoms with Gasteiger partial charge in [0.05, 0.1) is 24.6 Å². The molecule has 3 heterocycles. The van der Waals surface area contributed by atoms with Crippen molar-refractivity contribution in [2.45, 2.75) is 25.4 Å². The molecule has 0 bridgehead atoms. The van der Waals surface area contributed by atoms with Crippen LogP contribution in [0.5, 0.6) is 0 Å². The molecule has 7 nitrogen and oxygen atoms in total. The van der Waals surface area contributed by atoms with Gasteiger partial charge in [0.1, 0.15) is 11.3 Å². The first-order valence-electron chi connectivity index (χ1n) is 12.4. The number of urea groups is 1. The quantitative estimate of drug-likeness (QED) is 0.456. The predicted octanol–water partition coefficient (Wildman–Crippen LogP) is 5.24. The Morgan fingerprint density at radius 3 is 2.70 bits per heavy atom. The number of alkyl halides is 2. The van der Waals surface area contributed by atoms with Crippen LogP contribution in [0.2, 0.25) is 0 Å². The van der Waals surface area contributed by atoms with E-state index in [-0.39, 0.29) is 24.6 Å². The molecule has 0 radical (unpaired) electrons. The van der Waals surface area contributed by atoms with Crippen LogP contribution in [0.4, 0.5) is 29.3 Å². The number of amides is 2. The van der Waals surface area contributed by atoms with Gasteiger partial charge in [-0.1, -0.05) is 9.24 Å². The summed E-state index contributed by atoms with van der Waals surface area (Å²) in [5, 5.41) is 8.28. The van der Waals surface area contributed by atoms with Gasteiger partial charge in [-0.25, -0.2) is 18.0 Å². The molecule has 37 heavy (non-hydrogen) atoms. The first-order valence-corrected chi connectivity index (χ1v) is 13.0. The third-order valence-corrected chi connectivity index (χ3v) is 7.29. The van der Waals surface area contributed by atoms with Crippen molar-refractivity contribution >= 4 is 37.5 Å². The minimum absolute atomic E-state index is 0.0598. The van der Waals surface area contributed by atoms with Crippen molar-refractivity contribution in [3.05, 3.63) is 41.8 Å². The number of aryl methyl sites for hydroxylation is 2. The third kappa shape index (κ3) is 5.70. The summed E-state index contributed by atoms with van der Waals surface area (Å²) in [5.41, 5.74) is 1.49. The fourth-order valence-electron chi connectivity index (χ4n) is 5.28. The highest BCUT2D eigenvalue weighted by atomic mass is 31.0. The van der Waals surface area contributed by atoms with Gasteiger partial charge in [0, 0.05) is 51.2 Å². The van der Waals surface area contributed by atoms with Gasteiger partial charge < -0.3 is 19.9 Å². The fourth-order valence-corrected chi connectivity index (χ4v) is 5.61. The highest BCUT2D eigenvalue weighted by Crippen LogP contribution is 2.37. The summed E-state index contributed by atoms with van der Waals surface area (Å²) >= 11 is 0. The van der Waals surface area contributed by atoms with E-state index in [9.17, 15) is 18.0 Å². The van der Waals surface area contributed by atoms with Gasteiger partial charge in [-0.3, -0.25) is 4.68 Å². The van der Waals surface area contributed by atoms with E-state index in [0.717, 1.165) is 46.4 Å². The summed E-state index contributed by atoms with van der Waals surface area (Å²) < 4.78 is 49.0. The molecular weight excluding hydrogens is 502 g/mol. The molecule has 1 N–H and O–H groups in total. The minimum Gasteiger partial charge on any atom is -0.378 e. The van der Waals surface area contributed by atoms with Crippen LogP contribution in [0.3, 0.4) is 0 Å². The maximum absolute atomic E-state index is 14.9. The normalized spacial score (nSPS) is 18.6. The number of anilines is 2. The summed E-state index contributed by atoms with van der Waals surface area (Å²) in [4.78, 5) is 16.6. The number of aromatic nitrogens is 2. The molecule has 1 unspecified atom stereocenters. The summed E-state index contributed by atoms with van der Waals surface area (Å²) in [7, 11) is 3.43.